The predicted molar refractivity (Wildman–Crippen MR) is 73.2 cm³/mol. The number of nitrogens with zero attached hydrogens (tertiary/aromatic N) is 1. The van der Waals surface area contributed by atoms with Crippen LogP contribution in [0.5, 0.6) is 0 Å². The molecule has 1 aliphatic heterocycles. The molecule has 2 N–H and O–H groups in total. The van der Waals surface area contributed by atoms with Crippen molar-refractivity contribution in [2.45, 2.75) is 38.5 Å². The lowest BCUT2D eigenvalue weighted by molar-refractivity contribution is -0.0382. The van der Waals surface area contributed by atoms with E-state index in [1.807, 2.05) is 20.8 Å². The smallest absolute Gasteiger partial charge is 0.410 e. The van der Waals surface area contributed by atoms with Crippen molar-refractivity contribution in [2.75, 3.05) is 19.8 Å². The second-order valence-corrected chi connectivity index (χ2v) is 5.90. The van der Waals surface area contributed by atoms with Crippen LogP contribution >= 0.6 is 0 Å². The molecule has 0 aromatic carbocycles. The summed E-state index contributed by atoms with van der Waals surface area (Å²) in [4.78, 5) is 13.9. The minimum absolute atomic E-state index is 0.254. The average molecular weight is 282 g/mol. The van der Waals surface area contributed by atoms with Crippen LogP contribution in [0.2, 0.25) is 0 Å². The van der Waals surface area contributed by atoms with Gasteiger partial charge in [0, 0.05) is 12.1 Å². The molecule has 1 fully saturated rings. The second kappa shape index (κ2) is 5.85. The van der Waals surface area contributed by atoms with Crippen LogP contribution in [0.4, 0.5) is 4.79 Å². The highest BCUT2D eigenvalue weighted by Crippen LogP contribution is 2.23. The first kappa shape index (κ1) is 14.9. The van der Waals surface area contributed by atoms with E-state index in [1.54, 1.807) is 23.5 Å². The second-order valence-electron chi connectivity index (χ2n) is 5.90. The Kier molecular flexibility index (Phi) is 4.35. The molecule has 6 nitrogen and oxygen atoms in total. The summed E-state index contributed by atoms with van der Waals surface area (Å²) in [7, 11) is 0. The van der Waals surface area contributed by atoms with Crippen LogP contribution in [-0.2, 0) is 9.47 Å². The Morgan fingerprint density at radius 2 is 2.30 bits per heavy atom. The minimum atomic E-state index is -0.528. The molecule has 2 rings (SSSR count). The van der Waals surface area contributed by atoms with E-state index in [-0.39, 0.29) is 18.2 Å². The third kappa shape index (κ3) is 3.52. The number of carbonyl (C=O) groups excluding carboxylic acids is 1. The lowest BCUT2D eigenvalue weighted by atomic mass is 10.0. The fraction of sp³-hybridized carbons (Fsp3) is 0.643. The molecule has 0 bridgehead atoms. The van der Waals surface area contributed by atoms with Crippen LogP contribution in [0.15, 0.2) is 23.0 Å². The molecule has 6 heteroatoms. The molecule has 1 aliphatic rings. The highest BCUT2D eigenvalue weighted by molar-refractivity contribution is 5.69. The Morgan fingerprint density at radius 1 is 1.55 bits per heavy atom. The molecule has 0 spiro atoms. The first-order valence-corrected chi connectivity index (χ1v) is 6.73. The first-order chi connectivity index (χ1) is 9.38. The topological polar surface area (TPSA) is 77.9 Å². The Labute approximate surface area is 118 Å². The molecule has 2 atom stereocenters. The summed E-state index contributed by atoms with van der Waals surface area (Å²) in [6.07, 6.45) is 2.80. The number of carbonyl (C=O) groups is 1. The van der Waals surface area contributed by atoms with E-state index in [9.17, 15) is 4.79 Å². The minimum Gasteiger partial charge on any atom is -0.472 e. The highest BCUT2D eigenvalue weighted by atomic mass is 16.6. The zero-order chi connectivity index (χ0) is 14.8. The number of hydrogen-bond donors (Lipinski definition) is 1. The van der Waals surface area contributed by atoms with Gasteiger partial charge in [-0.1, -0.05) is 0 Å². The molecule has 112 valence electrons. The predicted octanol–water partition coefficient (Wildman–Crippen LogP) is 1.92. The van der Waals surface area contributed by atoms with Crippen molar-refractivity contribution in [3.05, 3.63) is 24.2 Å². The number of ether oxygens (including phenoxy) is 2. The fourth-order valence-electron chi connectivity index (χ4n) is 2.15. The van der Waals surface area contributed by atoms with Crippen LogP contribution in [-0.4, -0.2) is 42.4 Å². The molecule has 2 unspecified atom stereocenters. The maximum Gasteiger partial charge on any atom is 0.410 e. The number of furan rings is 1. The molecule has 20 heavy (non-hydrogen) atoms. The molecule has 1 aromatic heterocycles. The standard InChI is InChI=1S/C14H22N2O4/c1-14(2,3)20-13(17)16-5-7-19-9-11(16)12(15)10-4-6-18-8-10/h4,6,8,11-12H,5,7,9,15H2,1-3H3. The third-order valence-corrected chi connectivity index (χ3v) is 3.14. The van der Waals surface area contributed by atoms with Crippen molar-refractivity contribution in [3.8, 4) is 0 Å². The molecule has 1 aromatic rings. The van der Waals surface area contributed by atoms with Gasteiger partial charge in [0.1, 0.15) is 5.60 Å². The maximum atomic E-state index is 12.3. The van der Waals surface area contributed by atoms with Crippen molar-refractivity contribution in [1.29, 1.82) is 0 Å². The Balaban J connectivity index is 2.11. The molecule has 2 heterocycles. The van der Waals surface area contributed by atoms with E-state index in [4.69, 9.17) is 19.6 Å². The largest absolute Gasteiger partial charge is 0.472 e. The summed E-state index contributed by atoms with van der Waals surface area (Å²) in [5.41, 5.74) is 6.53. The summed E-state index contributed by atoms with van der Waals surface area (Å²) in [5.74, 6) is 0. The quantitative estimate of drug-likeness (QED) is 0.896. The van der Waals surface area contributed by atoms with Crippen molar-refractivity contribution in [2.24, 2.45) is 5.73 Å². The van der Waals surface area contributed by atoms with E-state index in [0.29, 0.717) is 19.8 Å². The van der Waals surface area contributed by atoms with Gasteiger partial charge in [0.15, 0.2) is 0 Å². The Hall–Kier alpha value is -1.53. The average Bonchev–Trinajstić information content (AvgIpc) is 2.89. The van der Waals surface area contributed by atoms with E-state index in [0.717, 1.165) is 5.56 Å². The lowest BCUT2D eigenvalue weighted by Gasteiger charge is -2.39. The van der Waals surface area contributed by atoms with Gasteiger partial charge in [0.2, 0.25) is 0 Å². The Morgan fingerprint density at radius 3 is 2.90 bits per heavy atom. The highest BCUT2D eigenvalue weighted by Gasteiger charge is 2.35. The van der Waals surface area contributed by atoms with Crippen molar-refractivity contribution in [1.82, 2.24) is 4.90 Å². The van der Waals surface area contributed by atoms with Crippen LogP contribution in [0.25, 0.3) is 0 Å². The molecular formula is C14H22N2O4. The van der Waals surface area contributed by atoms with Crippen LogP contribution in [0.3, 0.4) is 0 Å². The van der Waals surface area contributed by atoms with E-state index in [1.165, 1.54) is 0 Å². The van der Waals surface area contributed by atoms with Gasteiger partial charge in [-0.15, -0.1) is 0 Å². The molecule has 0 saturated carbocycles. The number of amides is 1. The van der Waals surface area contributed by atoms with Gasteiger partial charge < -0.3 is 19.6 Å². The van der Waals surface area contributed by atoms with E-state index in [2.05, 4.69) is 0 Å². The molecule has 0 radical (unpaired) electrons. The number of hydrogen-bond acceptors (Lipinski definition) is 5. The first-order valence-electron chi connectivity index (χ1n) is 6.73. The molecular weight excluding hydrogens is 260 g/mol. The number of morpholine rings is 1. The van der Waals surface area contributed by atoms with Crippen LogP contribution in [0.1, 0.15) is 32.4 Å². The zero-order valence-corrected chi connectivity index (χ0v) is 12.2. The summed E-state index contributed by atoms with van der Waals surface area (Å²) >= 11 is 0. The van der Waals surface area contributed by atoms with Crippen LogP contribution in [0, 0.1) is 0 Å². The van der Waals surface area contributed by atoms with Crippen molar-refractivity contribution >= 4 is 6.09 Å². The molecule has 1 amide bonds. The normalized spacial score (nSPS) is 21.6. The van der Waals surface area contributed by atoms with Crippen molar-refractivity contribution in [3.63, 3.8) is 0 Å². The zero-order valence-electron chi connectivity index (χ0n) is 12.2. The number of rotatable bonds is 2. The monoisotopic (exact) mass is 282 g/mol. The van der Waals surface area contributed by atoms with E-state index < -0.39 is 5.60 Å². The van der Waals surface area contributed by atoms with Gasteiger partial charge in [-0.05, 0) is 26.8 Å². The SMILES string of the molecule is CC(C)(C)OC(=O)N1CCOCC1C(N)c1ccoc1. The third-order valence-electron chi connectivity index (χ3n) is 3.14. The summed E-state index contributed by atoms with van der Waals surface area (Å²) in [6, 6.07) is 1.18. The summed E-state index contributed by atoms with van der Waals surface area (Å²) in [5, 5.41) is 0. The molecule has 0 aliphatic carbocycles. The van der Waals surface area contributed by atoms with Crippen molar-refractivity contribution < 1.29 is 18.7 Å². The summed E-state index contributed by atoms with van der Waals surface area (Å²) in [6.45, 7) is 6.90. The van der Waals surface area contributed by atoms with Gasteiger partial charge in [0.05, 0.1) is 37.8 Å². The van der Waals surface area contributed by atoms with Gasteiger partial charge in [-0.2, -0.15) is 0 Å². The number of nitrogens with two attached hydrogens (primary N) is 1. The van der Waals surface area contributed by atoms with Gasteiger partial charge in [-0.25, -0.2) is 4.79 Å². The van der Waals surface area contributed by atoms with Gasteiger partial charge in [0.25, 0.3) is 0 Å². The summed E-state index contributed by atoms with van der Waals surface area (Å²) < 4.78 is 15.9. The van der Waals surface area contributed by atoms with Gasteiger partial charge in [-0.3, -0.25) is 4.90 Å². The fourth-order valence-corrected chi connectivity index (χ4v) is 2.15. The lowest BCUT2D eigenvalue weighted by Crippen LogP contribution is -2.54. The maximum absolute atomic E-state index is 12.3. The van der Waals surface area contributed by atoms with E-state index >= 15 is 0 Å². The Bertz CT molecular complexity index is 439. The molecule has 1 saturated heterocycles. The van der Waals surface area contributed by atoms with Crippen LogP contribution < -0.4 is 5.73 Å². The van der Waals surface area contributed by atoms with Gasteiger partial charge >= 0.3 is 6.09 Å².